The summed E-state index contributed by atoms with van der Waals surface area (Å²) in [7, 11) is -1.13. The average Bonchev–Trinajstić information content (AvgIpc) is 3.15. The third kappa shape index (κ3) is 5.23. The van der Waals surface area contributed by atoms with Crippen LogP contribution in [0.25, 0.3) is 5.69 Å². The first-order chi connectivity index (χ1) is 18.3. The van der Waals surface area contributed by atoms with Crippen LogP contribution in [0, 0.1) is 6.92 Å². The van der Waals surface area contributed by atoms with Crippen molar-refractivity contribution in [3.63, 3.8) is 0 Å². The van der Waals surface area contributed by atoms with Crippen LogP contribution in [-0.4, -0.2) is 43.6 Å². The molecule has 38 heavy (non-hydrogen) atoms. The van der Waals surface area contributed by atoms with Crippen LogP contribution in [-0.2, 0) is 21.9 Å². The van der Waals surface area contributed by atoms with Gasteiger partial charge in [0.2, 0.25) is 0 Å². The zero-order valence-electron chi connectivity index (χ0n) is 21.1. The number of amides is 1. The molecule has 0 unspecified atom stereocenters. The van der Waals surface area contributed by atoms with Crippen molar-refractivity contribution in [2.45, 2.75) is 11.8 Å². The standard InChI is InChI=1S/C27H27N5O5S/c1-20-26(27(34)32(30(20)2)22-13-6-4-7-14-22)31(38(35,36)23-15-8-5-9-16-23)19-25(33)29-28-18-21-12-10-11-17-24(21)37-3/h4-18H,19H2,1-3H3,(H,29,33)/b28-18-. The number of ether oxygens (including phenoxy) is 1. The number of rotatable bonds is 9. The van der Waals surface area contributed by atoms with Gasteiger partial charge in [-0.2, -0.15) is 5.10 Å². The summed E-state index contributed by atoms with van der Waals surface area (Å²) in [6.45, 7) is 0.955. The summed E-state index contributed by atoms with van der Waals surface area (Å²) in [5, 5.41) is 3.95. The van der Waals surface area contributed by atoms with Gasteiger partial charge >= 0.3 is 0 Å². The molecule has 1 N–H and O–H groups in total. The summed E-state index contributed by atoms with van der Waals surface area (Å²) in [4.78, 5) is 26.5. The van der Waals surface area contributed by atoms with Gasteiger partial charge in [-0.3, -0.25) is 14.3 Å². The largest absolute Gasteiger partial charge is 0.496 e. The van der Waals surface area contributed by atoms with Gasteiger partial charge in [-0.15, -0.1) is 0 Å². The van der Waals surface area contributed by atoms with E-state index in [9.17, 15) is 18.0 Å². The number of anilines is 1. The molecule has 196 valence electrons. The maximum atomic E-state index is 13.7. The minimum atomic E-state index is -4.29. The van der Waals surface area contributed by atoms with Crippen molar-refractivity contribution >= 4 is 27.8 Å². The van der Waals surface area contributed by atoms with Gasteiger partial charge in [-0.1, -0.05) is 48.5 Å². The smallest absolute Gasteiger partial charge is 0.296 e. The van der Waals surface area contributed by atoms with Gasteiger partial charge < -0.3 is 4.74 Å². The number of hydrazone groups is 1. The molecular formula is C27H27N5O5S. The van der Waals surface area contributed by atoms with Crippen LogP contribution < -0.4 is 20.0 Å². The highest BCUT2D eigenvalue weighted by atomic mass is 32.2. The van der Waals surface area contributed by atoms with E-state index in [4.69, 9.17) is 4.74 Å². The highest BCUT2D eigenvalue weighted by molar-refractivity contribution is 7.92. The van der Waals surface area contributed by atoms with Crippen LogP contribution in [0.1, 0.15) is 11.3 Å². The number of carbonyl (C=O) groups is 1. The molecule has 4 rings (SSSR count). The van der Waals surface area contributed by atoms with Crippen LogP contribution in [0.3, 0.4) is 0 Å². The predicted molar refractivity (Wildman–Crippen MR) is 145 cm³/mol. The fourth-order valence-corrected chi connectivity index (χ4v) is 5.45. The maximum absolute atomic E-state index is 13.7. The summed E-state index contributed by atoms with van der Waals surface area (Å²) in [5.41, 5.74) is 3.17. The summed E-state index contributed by atoms with van der Waals surface area (Å²) in [5.74, 6) is -0.176. The first-order valence-electron chi connectivity index (χ1n) is 11.6. The first kappa shape index (κ1) is 26.4. The Bertz CT molecular complexity index is 1630. The molecule has 0 fully saturated rings. The Hall–Kier alpha value is -4.64. The average molecular weight is 534 g/mol. The number of hydrogen-bond acceptors (Lipinski definition) is 6. The normalized spacial score (nSPS) is 11.4. The van der Waals surface area contributed by atoms with Crippen molar-refractivity contribution in [3.8, 4) is 11.4 Å². The van der Waals surface area contributed by atoms with Crippen LogP contribution in [0.4, 0.5) is 5.69 Å². The van der Waals surface area contributed by atoms with Crippen molar-refractivity contribution in [1.29, 1.82) is 0 Å². The summed E-state index contributed by atoms with van der Waals surface area (Å²) in [6, 6.07) is 23.6. The third-order valence-electron chi connectivity index (χ3n) is 5.92. The van der Waals surface area contributed by atoms with Gasteiger partial charge in [0, 0.05) is 12.6 Å². The number of nitrogens with one attached hydrogen (secondary N) is 1. The maximum Gasteiger partial charge on any atom is 0.296 e. The Balaban J connectivity index is 1.73. The number of aromatic nitrogens is 2. The number of benzene rings is 3. The Morgan fingerprint density at radius 1 is 1.00 bits per heavy atom. The van der Waals surface area contributed by atoms with Crippen molar-refractivity contribution in [2.24, 2.45) is 12.1 Å². The van der Waals surface area contributed by atoms with Gasteiger partial charge in [0.25, 0.3) is 21.5 Å². The lowest BCUT2D eigenvalue weighted by atomic mass is 10.2. The molecule has 0 saturated carbocycles. The molecule has 1 heterocycles. The lowest BCUT2D eigenvalue weighted by Crippen LogP contribution is -2.42. The van der Waals surface area contributed by atoms with Crippen LogP contribution >= 0.6 is 0 Å². The lowest BCUT2D eigenvalue weighted by Gasteiger charge is -2.22. The van der Waals surface area contributed by atoms with Gasteiger partial charge in [0.1, 0.15) is 18.0 Å². The summed E-state index contributed by atoms with van der Waals surface area (Å²) >= 11 is 0. The molecular weight excluding hydrogens is 506 g/mol. The fourth-order valence-electron chi connectivity index (χ4n) is 3.96. The van der Waals surface area contributed by atoms with Gasteiger partial charge in [-0.05, 0) is 43.3 Å². The SMILES string of the molecule is COc1ccccc1/C=N\NC(=O)CN(c1c(C)n(C)n(-c2ccccc2)c1=O)S(=O)(=O)c1ccccc1. The van der Waals surface area contributed by atoms with Crippen LogP contribution in [0.5, 0.6) is 5.75 Å². The van der Waals surface area contributed by atoms with Gasteiger partial charge in [0.05, 0.1) is 29.6 Å². The van der Waals surface area contributed by atoms with E-state index in [-0.39, 0.29) is 10.6 Å². The molecule has 0 radical (unpaired) electrons. The van der Waals surface area contributed by atoms with Gasteiger partial charge in [0.15, 0.2) is 0 Å². The van der Waals surface area contributed by atoms with E-state index in [1.165, 1.54) is 30.1 Å². The molecule has 0 atom stereocenters. The molecule has 0 aliphatic carbocycles. The quantitative estimate of drug-likeness (QED) is 0.262. The van der Waals surface area contributed by atoms with Crippen LogP contribution in [0.15, 0.2) is 99.7 Å². The minimum Gasteiger partial charge on any atom is -0.496 e. The molecule has 4 aromatic rings. The van der Waals surface area contributed by atoms with Crippen molar-refractivity contribution < 1.29 is 17.9 Å². The Morgan fingerprint density at radius 3 is 2.26 bits per heavy atom. The summed E-state index contributed by atoms with van der Waals surface area (Å²) in [6.07, 6.45) is 1.39. The zero-order chi connectivity index (χ0) is 27.3. The molecule has 0 bridgehead atoms. The van der Waals surface area contributed by atoms with Crippen molar-refractivity contribution in [1.82, 2.24) is 14.8 Å². The third-order valence-corrected chi connectivity index (χ3v) is 7.68. The Labute approximate surface area is 220 Å². The lowest BCUT2D eigenvalue weighted by molar-refractivity contribution is -0.119. The van der Waals surface area contributed by atoms with E-state index in [0.717, 1.165) is 4.31 Å². The van der Waals surface area contributed by atoms with E-state index in [1.54, 1.807) is 85.4 Å². The molecule has 10 nitrogen and oxygen atoms in total. The van der Waals surface area contributed by atoms with Gasteiger partial charge in [-0.25, -0.2) is 22.8 Å². The van der Waals surface area contributed by atoms with E-state index < -0.39 is 28.0 Å². The molecule has 1 amide bonds. The van der Waals surface area contributed by atoms with Crippen molar-refractivity contribution in [2.75, 3.05) is 18.0 Å². The molecule has 0 spiro atoms. The number of hydrogen-bond donors (Lipinski definition) is 1. The second kappa shape index (κ2) is 11.2. The van der Waals surface area contributed by atoms with Crippen molar-refractivity contribution in [3.05, 3.63) is 107 Å². The first-order valence-corrected chi connectivity index (χ1v) is 13.1. The monoisotopic (exact) mass is 533 g/mol. The van der Waals surface area contributed by atoms with E-state index in [1.807, 2.05) is 6.07 Å². The Morgan fingerprint density at radius 2 is 1.61 bits per heavy atom. The second-order valence-corrected chi connectivity index (χ2v) is 10.1. The highest BCUT2D eigenvalue weighted by Gasteiger charge is 2.33. The zero-order valence-corrected chi connectivity index (χ0v) is 21.9. The number of sulfonamides is 1. The predicted octanol–water partition coefficient (Wildman–Crippen LogP) is 2.84. The number of para-hydroxylation sites is 2. The molecule has 3 aromatic carbocycles. The summed E-state index contributed by atoms with van der Waals surface area (Å²) < 4.78 is 36.5. The van der Waals surface area contributed by atoms with E-state index in [2.05, 4.69) is 10.5 Å². The fraction of sp³-hybridized carbons (Fsp3) is 0.148. The number of carbonyl (C=O) groups excluding carboxylic acids is 1. The molecule has 1 aromatic heterocycles. The number of nitrogens with zero attached hydrogens (tertiary/aromatic N) is 4. The minimum absolute atomic E-state index is 0.0563. The molecule has 0 aliphatic heterocycles. The molecule has 11 heteroatoms. The highest BCUT2D eigenvalue weighted by Crippen LogP contribution is 2.25. The van der Waals surface area contributed by atoms with E-state index >= 15 is 0 Å². The van der Waals surface area contributed by atoms with Crippen LogP contribution in [0.2, 0.25) is 0 Å². The molecule has 0 aliphatic rings. The Kier molecular flexibility index (Phi) is 7.77. The number of methoxy groups -OCH3 is 1. The topological polar surface area (TPSA) is 115 Å². The molecule has 0 saturated heterocycles. The van der Waals surface area contributed by atoms with E-state index in [0.29, 0.717) is 22.7 Å². The second-order valence-electron chi connectivity index (χ2n) is 8.27.